The third kappa shape index (κ3) is 4.13. The molecule has 4 rings (SSSR count). The van der Waals surface area contributed by atoms with E-state index in [-0.39, 0.29) is 18.6 Å². The van der Waals surface area contributed by atoms with Crippen molar-refractivity contribution in [2.75, 3.05) is 7.11 Å². The van der Waals surface area contributed by atoms with Gasteiger partial charge < -0.3 is 4.74 Å². The first-order valence-electron chi connectivity index (χ1n) is 9.48. The molecule has 2 heterocycles. The minimum absolute atomic E-state index is 0.0998. The van der Waals surface area contributed by atoms with Crippen LogP contribution in [0, 0.1) is 0 Å². The van der Waals surface area contributed by atoms with Gasteiger partial charge in [-0.3, -0.25) is 13.9 Å². The zero-order chi connectivity index (χ0) is 22.0. The van der Waals surface area contributed by atoms with Crippen molar-refractivity contribution < 1.29 is 9.53 Å². The molecule has 31 heavy (non-hydrogen) atoms. The van der Waals surface area contributed by atoms with E-state index in [9.17, 15) is 14.4 Å². The number of nitrogens with zero attached hydrogens (tertiary/aromatic N) is 3. The second kappa shape index (κ2) is 8.57. The molecule has 0 aliphatic carbocycles. The second-order valence-electron chi connectivity index (χ2n) is 6.95. The van der Waals surface area contributed by atoms with E-state index < -0.39 is 17.2 Å². The lowest BCUT2D eigenvalue weighted by atomic mass is 10.1. The predicted octanol–water partition coefficient (Wildman–Crippen LogP) is 3.09. The number of carbonyl (C=O) groups is 1. The van der Waals surface area contributed by atoms with Crippen molar-refractivity contribution in [1.29, 1.82) is 0 Å². The number of benzene rings is 2. The van der Waals surface area contributed by atoms with Crippen LogP contribution in [0.15, 0.2) is 76.4 Å². The third-order valence-electron chi connectivity index (χ3n) is 4.96. The highest BCUT2D eigenvalue weighted by Crippen LogP contribution is 2.12. The van der Waals surface area contributed by atoms with Crippen molar-refractivity contribution in [2.45, 2.75) is 13.1 Å². The molecule has 0 fully saturated rings. The van der Waals surface area contributed by atoms with Crippen LogP contribution in [-0.4, -0.2) is 27.2 Å². The summed E-state index contributed by atoms with van der Waals surface area (Å²) in [5, 5.41) is 0.573. The number of fused-ring (bicyclic) bond motifs is 1. The summed E-state index contributed by atoms with van der Waals surface area (Å²) >= 11 is 5.94. The average Bonchev–Trinajstić information content (AvgIpc) is 2.80. The summed E-state index contributed by atoms with van der Waals surface area (Å²) in [7, 11) is 1.32. The molecule has 2 aromatic carbocycles. The molecule has 8 heteroatoms. The summed E-state index contributed by atoms with van der Waals surface area (Å²) in [6.07, 6.45) is 1.52. The smallest absolute Gasteiger partial charge is 0.337 e. The van der Waals surface area contributed by atoms with E-state index in [2.05, 4.69) is 4.98 Å². The molecule has 2 aromatic heterocycles. The highest BCUT2D eigenvalue weighted by atomic mass is 35.5. The van der Waals surface area contributed by atoms with Gasteiger partial charge in [0.25, 0.3) is 5.56 Å². The number of carbonyl (C=O) groups excluding carboxylic acids is 1. The number of hydrogen-bond donors (Lipinski definition) is 0. The minimum Gasteiger partial charge on any atom is -0.465 e. The van der Waals surface area contributed by atoms with E-state index in [0.717, 1.165) is 11.1 Å². The quantitative estimate of drug-likeness (QED) is 0.450. The lowest BCUT2D eigenvalue weighted by molar-refractivity contribution is 0.0600. The molecule has 0 aliphatic rings. The Balaban J connectivity index is 1.80. The van der Waals surface area contributed by atoms with Crippen LogP contribution >= 0.6 is 11.6 Å². The van der Waals surface area contributed by atoms with Crippen LogP contribution in [0.1, 0.15) is 21.5 Å². The number of halogens is 1. The molecular weight excluding hydrogens is 418 g/mol. The van der Waals surface area contributed by atoms with Crippen LogP contribution < -0.4 is 11.2 Å². The van der Waals surface area contributed by atoms with Crippen molar-refractivity contribution in [3.05, 3.63) is 109 Å². The molecule has 0 saturated heterocycles. The van der Waals surface area contributed by atoms with Gasteiger partial charge in [-0.2, -0.15) is 0 Å². The summed E-state index contributed by atoms with van der Waals surface area (Å²) in [5.74, 6) is -0.435. The molecule has 7 nitrogen and oxygen atoms in total. The number of rotatable bonds is 5. The molecule has 0 bridgehead atoms. The first-order valence-corrected chi connectivity index (χ1v) is 9.86. The van der Waals surface area contributed by atoms with Gasteiger partial charge in [0.05, 0.1) is 31.3 Å². The molecule has 0 radical (unpaired) electrons. The Labute approximate surface area is 182 Å². The van der Waals surface area contributed by atoms with E-state index in [4.69, 9.17) is 16.3 Å². The Morgan fingerprint density at radius 3 is 2.19 bits per heavy atom. The first-order chi connectivity index (χ1) is 15.0. The van der Waals surface area contributed by atoms with Crippen LogP contribution in [0.4, 0.5) is 0 Å². The van der Waals surface area contributed by atoms with Gasteiger partial charge in [0.15, 0.2) is 5.52 Å². The first kappa shape index (κ1) is 20.6. The Hall–Kier alpha value is -3.71. The molecule has 0 N–H and O–H groups in total. The Kier molecular flexibility index (Phi) is 5.68. The van der Waals surface area contributed by atoms with E-state index >= 15 is 0 Å². The zero-order valence-corrected chi connectivity index (χ0v) is 17.4. The van der Waals surface area contributed by atoms with Gasteiger partial charge in [-0.15, -0.1) is 0 Å². The van der Waals surface area contributed by atoms with Crippen LogP contribution in [0.2, 0.25) is 5.02 Å². The molecule has 0 atom stereocenters. The van der Waals surface area contributed by atoms with Crippen LogP contribution in [0.3, 0.4) is 0 Å². The molecule has 4 aromatic rings. The molecule has 156 valence electrons. The SMILES string of the molecule is COC(=O)c1ccc(Cn2c(=O)n(Cc3ccc(Cl)cc3)c(=O)c3ncccc32)cc1. The monoisotopic (exact) mass is 435 g/mol. The van der Waals surface area contributed by atoms with Gasteiger partial charge in [-0.1, -0.05) is 35.9 Å². The second-order valence-corrected chi connectivity index (χ2v) is 7.38. The number of esters is 1. The third-order valence-corrected chi connectivity index (χ3v) is 5.21. The maximum absolute atomic E-state index is 13.3. The molecule has 0 spiro atoms. The standard InChI is InChI=1S/C23H18ClN3O4/c1-31-22(29)17-8-4-15(5-9-17)13-26-19-3-2-12-25-20(19)21(28)27(23(26)30)14-16-6-10-18(24)11-7-16/h2-12H,13-14H2,1H3. The van der Waals surface area contributed by atoms with Gasteiger partial charge in [0.1, 0.15) is 0 Å². The molecule has 0 aliphatic heterocycles. The van der Waals surface area contributed by atoms with Crippen molar-refractivity contribution >= 4 is 28.6 Å². The maximum atomic E-state index is 13.3. The fourth-order valence-electron chi connectivity index (χ4n) is 3.35. The largest absolute Gasteiger partial charge is 0.465 e. The predicted molar refractivity (Wildman–Crippen MR) is 118 cm³/mol. The number of ether oxygens (including phenoxy) is 1. The fraction of sp³-hybridized carbons (Fsp3) is 0.130. The van der Waals surface area contributed by atoms with E-state index in [1.54, 1.807) is 60.7 Å². The number of methoxy groups -OCH3 is 1. The van der Waals surface area contributed by atoms with Crippen molar-refractivity contribution in [3.8, 4) is 0 Å². The number of pyridine rings is 1. The van der Waals surface area contributed by atoms with E-state index in [1.807, 2.05) is 0 Å². The lowest BCUT2D eigenvalue weighted by Gasteiger charge is -2.14. The number of hydrogen-bond acceptors (Lipinski definition) is 5. The summed E-state index contributed by atoms with van der Waals surface area (Å²) in [5.41, 5.74) is 1.73. The Bertz CT molecular complexity index is 1370. The van der Waals surface area contributed by atoms with Crippen molar-refractivity contribution in [2.24, 2.45) is 0 Å². The highest BCUT2D eigenvalue weighted by molar-refractivity contribution is 6.30. The highest BCUT2D eigenvalue weighted by Gasteiger charge is 2.15. The van der Waals surface area contributed by atoms with Gasteiger partial charge >= 0.3 is 11.7 Å². The van der Waals surface area contributed by atoms with Crippen LogP contribution in [0.5, 0.6) is 0 Å². The van der Waals surface area contributed by atoms with Crippen LogP contribution in [0.25, 0.3) is 11.0 Å². The Morgan fingerprint density at radius 1 is 0.935 bits per heavy atom. The fourth-order valence-corrected chi connectivity index (χ4v) is 3.48. The minimum atomic E-state index is -0.451. The molecular formula is C23H18ClN3O4. The van der Waals surface area contributed by atoms with Gasteiger partial charge in [0, 0.05) is 11.2 Å². The van der Waals surface area contributed by atoms with Gasteiger partial charge in [0.2, 0.25) is 0 Å². The number of aromatic nitrogens is 3. The van der Waals surface area contributed by atoms with Crippen molar-refractivity contribution in [3.63, 3.8) is 0 Å². The Morgan fingerprint density at radius 2 is 1.55 bits per heavy atom. The molecule has 0 saturated carbocycles. The summed E-state index contributed by atoms with van der Waals surface area (Å²) in [6, 6.07) is 17.1. The van der Waals surface area contributed by atoms with Gasteiger partial charge in [-0.05, 0) is 47.5 Å². The lowest BCUT2D eigenvalue weighted by Crippen LogP contribution is -2.40. The van der Waals surface area contributed by atoms with Gasteiger partial charge in [-0.25, -0.2) is 14.6 Å². The maximum Gasteiger partial charge on any atom is 0.337 e. The summed E-state index contributed by atoms with van der Waals surface area (Å²) < 4.78 is 7.39. The van der Waals surface area contributed by atoms with Crippen molar-refractivity contribution in [1.82, 2.24) is 14.1 Å². The summed E-state index contributed by atoms with van der Waals surface area (Å²) in [6.45, 7) is 0.312. The zero-order valence-electron chi connectivity index (χ0n) is 16.6. The molecule has 0 amide bonds. The van der Waals surface area contributed by atoms with Crippen LogP contribution in [-0.2, 0) is 17.8 Å². The topological polar surface area (TPSA) is 83.2 Å². The molecule has 0 unspecified atom stereocenters. The van der Waals surface area contributed by atoms with E-state index in [1.165, 1.54) is 22.4 Å². The average molecular weight is 436 g/mol. The normalized spacial score (nSPS) is 10.9. The van der Waals surface area contributed by atoms with E-state index in [0.29, 0.717) is 16.1 Å². The summed E-state index contributed by atoms with van der Waals surface area (Å²) in [4.78, 5) is 42.2.